The zero-order valence-corrected chi connectivity index (χ0v) is 11.0. The fraction of sp³-hybridized carbons (Fsp3) is 0.923. The summed E-state index contributed by atoms with van der Waals surface area (Å²) in [6.45, 7) is 1.32. The Kier molecular flexibility index (Phi) is 7.21. The molecule has 0 amide bonds. The standard InChI is InChI=1S/C13H25NO3/c1-16-9-8-14-12(13(15)17-2)10-11-6-4-3-5-7-11/h11-12,14H,3-10H2,1-2H3. The van der Waals surface area contributed by atoms with E-state index in [0.717, 1.165) is 6.42 Å². The van der Waals surface area contributed by atoms with Gasteiger partial charge in [0.05, 0.1) is 13.7 Å². The maximum Gasteiger partial charge on any atom is 0.322 e. The molecule has 0 bridgehead atoms. The van der Waals surface area contributed by atoms with Crippen LogP contribution in [0, 0.1) is 5.92 Å². The van der Waals surface area contributed by atoms with Crippen LogP contribution in [0.1, 0.15) is 38.5 Å². The molecule has 0 spiro atoms. The molecular formula is C13H25NO3. The minimum Gasteiger partial charge on any atom is -0.468 e. The molecule has 0 aromatic rings. The van der Waals surface area contributed by atoms with Gasteiger partial charge in [0.1, 0.15) is 6.04 Å². The second-order valence-electron chi connectivity index (χ2n) is 4.76. The van der Waals surface area contributed by atoms with Crippen LogP contribution in [-0.4, -0.2) is 39.4 Å². The van der Waals surface area contributed by atoms with Crippen LogP contribution in [0.15, 0.2) is 0 Å². The normalized spacial score (nSPS) is 18.9. The Morgan fingerprint density at radius 2 is 2.00 bits per heavy atom. The number of rotatable bonds is 7. The molecular weight excluding hydrogens is 218 g/mol. The van der Waals surface area contributed by atoms with Crippen molar-refractivity contribution in [3.63, 3.8) is 0 Å². The fourth-order valence-electron chi connectivity index (χ4n) is 2.50. The Morgan fingerprint density at radius 3 is 2.59 bits per heavy atom. The fourth-order valence-corrected chi connectivity index (χ4v) is 2.50. The van der Waals surface area contributed by atoms with Crippen LogP contribution >= 0.6 is 0 Å². The number of esters is 1. The topological polar surface area (TPSA) is 47.6 Å². The van der Waals surface area contributed by atoms with Crippen LogP contribution < -0.4 is 5.32 Å². The van der Waals surface area contributed by atoms with Gasteiger partial charge in [-0.1, -0.05) is 32.1 Å². The SMILES string of the molecule is COCCNC(CC1CCCCC1)C(=O)OC. The van der Waals surface area contributed by atoms with Crippen LogP contribution in [0.25, 0.3) is 0 Å². The summed E-state index contributed by atoms with van der Waals surface area (Å²) < 4.78 is 9.82. The first-order valence-electron chi connectivity index (χ1n) is 6.58. The van der Waals surface area contributed by atoms with Gasteiger partial charge in [0.2, 0.25) is 0 Å². The van der Waals surface area contributed by atoms with E-state index in [-0.39, 0.29) is 12.0 Å². The van der Waals surface area contributed by atoms with Crippen molar-refractivity contribution in [1.82, 2.24) is 5.32 Å². The number of nitrogens with one attached hydrogen (secondary N) is 1. The monoisotopic (exact) mass is 243 g/mol. The van der Waals surface area contributed by atoms with Gasteiger partial charge in [-0.2, -0.15) is 0 Å². The van der Waals surface area contributed by atoms with Crippen molar-refractivity contribution in [2.24, 2.45) is 5.92 Å². The molecule has 0 saturated heterocycles. The highest BCUT2D eigenvalue weighted by Crippen LogP contribution is 2.27. The maximum atomic E-state index is 11.7. The van der Waals surface area contributed by atoms with Crippen LogP contribution in [0.5, 0.6) is 0 Å². The van der Waals surface area contributed by atoms with Crippen molar-refractivity contribution in [3.05, 3.63) is 0 Å². The molecule has 0 aromatic heterocycles. The van der Waals surface area contributed by atoms with Gasteiger partial charge < -0.3 is 14.8 Å². The molecule has 1 fully saturated rings. The molecule has 0 aromatic carbocycles. The first-order valence-corrected chi connectivity index (χ1v) is 6.58. The summed E-state index contributed by atoms with van der Waals surface area (Å²) in [7, 11) is 3.12. The largest absolute Gasteiger partial charge is 0.468 e. The van der Waals surface area contributed by atoms with Gasteiger partial charge in [-0.05, 0) is 12.3 Å². The van der Waals surface area contributed by atoms with Crippen molar-refractivity contribution in [1.29, 1.82) is 0 Å². The predicted octanol–water partition coefficient (Wildman–Crippen LogP) is 1.73. The van der Waals surface area contributed by atoms with Crippen molar-refractivity contribution in [3.8, 4) is 0 Å². The molecule has 1 aliphatic carbocycles. The molecule has 17 heavy (non-hydrogen) atoms. The number of carbonyl (C=O) groups is 1. The van der Waals surface area contributed by atoms with Crippen molar-refractivity contribution in [2.75, 3.05) is 27.4 Å². The van der Waals surface area contributed by atoms with E-state index in [4.69, 9.17) is 9.47 Å². The summed E-state index contributed by atoms with van der Waals surface area (Å²) >= 11 is 0. The molecule has 4 heteroatoms. The second kappa shape index (κ2) is 8.48. The van der Waals surface area contributed by atoms with Gasteiger partial charge in [-0.15, -0.1) is 0 Å². The number of carbonyl (C=O) groups excluding carboxylic acids is 1. The average Bonchev–Trinajstić information content (AvgIpc) is 2.38. The van der Waals surface area contributed by atoms with Crippen molar-refractivity contribution >= 4 is 5.97 Å². The van der Waals surface area contributed by atoms with Crippen LogP contribution in [0.4, 0.5) is 0 Å². The summed E-state index contributed by atoms with van der Waals surface area (Å²) in [5, 5.41) is 3.22. The molecule has 0 radical (unpaired) electrons. The molecule has 0 heterocycles. The van der Waals surface area contributed by atoms with Gasteiger partial charge >= 0.3 is 5.97 Å². The number of ether oxygens (including phenoxy) is 2. The van der Waals surface area contributed by atoms with Gasteiger partial charge in [0.25, 0.3) is 0 Å². The van der Waals surface area contributed by atoms with E-state index in [9.17, 15) is 4.79 Å². The Balaban J connectivity index is 2.35. The Labute approximate surface area is 104 Å². The van der Waals surface area contributed by atoms with E-state index >= 15 is 0 Å². The molecule has 100 valence electrons. The molecule has 1 atom stereocenters. The van der Waals surface area contributed by atoms with Gasteiger partial charge in [-0.25, -0.2) is 0 Å². The summed E-state index contributed by atoms with van der Waals surface area (Å²) in [6, 6.07) is -0.168. The first-order chi connectivity index (χ1) is 8.27. The molecule has 1 rings (SSSR count). The third-order valence-corrected chi connectivity index (χ3v) is 3.48. The lowest BCUT2D eigenvalue weighted by Gasteiger charge is -2.25. The van der Waals surface area contributed by atoms with Crippen LogP contribution in [-0.2, 0) is 14.3 Å². The Morgan fingerprint density at radius 1 is 1.29 bits per heavy atom. The summed E-state index contributed by atoms with van der Waals surface area (Å²) in [5.41, 5.74) is 0. The summed E-state index contributed by atoms with van der Waals surface area (Å²) in [6.07, 6.45) is 7.35. The van der Waals surface area contributed by atoms with Crippen molar-refractivity contribution in [2.45, 2.75) is 44.6 Å². The highest BCUT2D eigenvalue weighted by atomic mass is 16.5. The van der Waals surface area contributed by atoms with Crippen LogP contribution in [0.3, 0.4) is 0 Å². The van der Waals surface area contributed by atoms with Crippen LogP contribution in [0.2, 0.25) is 0 Å². The quantitative estimate of drug-likeness (QED) is 0.546. The molecule has 1 unspecified atom stereocenters. The molecule has 1 N–H and O–H groups in total. The van der Waals surface area contributed by atoms with Crippen molar-refractivity contribution < 1.29 is 14.3 Å². The van der Waals surface area contributed by atoms with Gasteiger partial charge in [0, 0.05) is 13.7 Å². The maximum absolute atomic E-state index is 11.7. The number of hydrogen-bond donors (Lipinski definition) is 1. The third kappa shape index (κ3) is 5.50. The van der Waals surface area contributed by atoms with E-state index in [0.29, 0.717) is 19.1 Å². The van der Waals surface area contributed by atoms with E-state index in [1.807, 2.05) is 0 Å². The summed E-state index contributed by atoms with van der Waals surface area (Å²) in [5.74, 6) is 0.523. The highest BCUT2D eigenvalue weighted by Gasteiger charge is 2.24. The van der Waals surface area contributed by atoms with E-state index in [2.05, 4.69) is 5.32 Å². The zero-order chi connectivity index (χ0) is 12.5. The minimum absolute atomic E-state index is 0.147. The smallest absolute Gasteiger partial charge is 0.322 e. The zero-order valence-electron chi connectivity index (χ0n) is 11.0. The van der Waals surface area contributed by atoms with E-state index < -0.39 is 0 Å². The van der Waals surface area contributed by atoms with Gasteiger partial charge in [-0.3, -0.25) is 4.79 Å². The van der Waals surface area contributed by atoms with E-state index in [1.54, 1.807) is 7.11 Å². The number of methoxy groups -OCH3 is 2. The molecule has 1 saturated carbocycles. The first kappa shape index (κ1) is 14.5. The average molecular weight is 243 g/mol. The van der Waals surface area contributed by atoms with E-state index in [1.165, 1.54) is 39.2 Å². The highest BCUT2D eigenvalue weighted by molar-refractivity contribution is 5.75. The minimum atomic E-state index is -0.168. The lowest BCUT2D eigenvalue weighted by Crippen LogP contribution is -2.41. The lowest BCUT2D eigenvalue weighted by molar-refractivity contribution is -0.143. The Hall–Kier alpha value is -0.610. The molecule has 1 aliphatic rings. The third-order valence-electron chi connectivity index (χ3n) is 3.48. The van der Waals surface area contributed by atoms with Gasteiger partial charge in [0.15, 0.2) is 0 Å². The second-order valence-corrected chi connectivity index (χ2v) is 4.76. The molecule has 4 nitrogen and oxygen atoms in total. The number of hydrogen-bond acceptors (Lipinski definition) is 4. The lowest BCUT2D eigenvalue weighted by atomic mass is 9.85. The molecule has 0 aliphatic heterocycles. The Bertz CT molecular complexity index is 215. The summed E-state index contributed by atoms with van der Waals surface area (Å²) in [4.78, 5) is 11.7. The predicted molar refractivity (Wildman–Crippen MR) is 66.9 cm³/mol.